The molecule has 7 heteroatoms. The first-order valence-electron chi connectivity index (χ1n) is 7.19. The van der Waals surface area contributed by atoms with Gasteiger partial charge in [-0.25, -0.2) is 8.42 Å². The lowest BCUT2D eigenvalue weighted by Gasteiger charge is -2.19. The van der Waals surface area contributed by atoms with Crippen LogP contribution in [0.5, 0.6) is 0 Å². The number of hydrogen-bond donors (Lipinski definition) is 1. The second-order valence-electron chi connectivity index (χ2n) is 6.69. The Hall–Kier alpha value is -1.89. The van der Waals surface area contributed by atoms with Crippen LogP contribution in [0.1, 0.15) is 44.5 Å². The molecule has 1 atom stereocenters. The summed E-state index contributed by atoms with van der Waals surface area (Å²) in [6.45, 7) is 7.25. The number of hydrogen-bond acceptors (Lipinski definition) is 5. The maximum Gasteiger partial charge on any atom is 0.307 e. The number of carbonyl (C=O) groups is 2. The number of carbonyl (C=O) groups excluding carboxylic acids is 2. The minimum absolute atomic E-state index is 0.210. The van der Waals surface area contributed by atoms with Crippen molar-refractivity contribution in [2.75, 3.05) is 11.0 Å². The smallest absolute Gasteiger partial charge is 0.307 e. The zero-order chi connectivity index (χ0) is 17.8. The third-order valence-corrected chi connectivity index (χ3v) is 3.43. The Morgan fingerprint density at radius 3 is 2.13 bits per heavy atom. The van der Waals surface area contributed by atoms with Crippen molar-refractivity contribution in [3.63, 3.8) is 0 Å². The highest BCUT2D eigenvalue weighted by Crippen LogP contribution is 2.20. The predicted molar refractivity (Wildman–Crippen MR) is 88.9 cm³/mol. The molecule has 0 amide bonds. The third kappa shape index (κ3) is 7.27. The van der Waals surface area contributed by atoms with Gasteiger partial charge in [-0.15, -0.1) is 0 Å². The summed E-state index contributed by atoms with van der Waals surface area (Å²) >= 11 is 0. The van der Waals surface area contributed by atoms with Gasteiger partial charge in [0.05, 0.1) is 12.7 Å². The van der Waals surface area contributed by atoms with Crippen LogP contribution in [0.3, 0.4) is 0 Å². The Kier molecular flexibility index (Phi) is 5.93. The van der Waals surface area contributed by atoms with Gasteiger partial charge < -0.3 is 4.74 Å². The monoisotopic (exact) mass is 341 g/mol. The van der Waals surface area contributed by atoms with E-state index in [1.807, 2.05) is 20.8 Å². The molecular weight excluding hydrogens is 318 g/mol. The van der Waals surface area contributed by atoms with E-state index in [0.717, 1.165) is 6.26 Å². The van der Waals surface area contributed by atoms with E-state index < -0.39 is 22.1 Å². The molecule has 0 aromatic heterocycles. The first kappa shape index (κ1) is 19.2. The Balaban J connectivity index is 2.71. The zero-order valence-electron chi connectivity index (χ0n) is 14.0. The fourth-order valence-electron chi connectivity index (χ4n) is 1.88. The summed E-state index contributed by atoms with van der Waals surface area (Å²) in [5.74, 6) is -0.758. The molecule has 1 aromatic rings. The van der Waals surface area contributed by atoms with Gasteiger partial charge in [0.2, 0.25) is 15.8 Å². The molecule has 0 spiro atoms. The maximum absolute atomic E-state index is 12.2. The third-order valence-electron chi connectivity index (χ3n) is 2.82. The molecule has 0 aliphatic rings. The second-order valence-corrected chi connectivity index (χ2v) is 8.43. The lowest BCUT2D eigenvalue weighted by molar-refractivity contribution is -0.148. The van der Waals surface area contributed by atoms with Crippen molar-refractivity contribution in [1.82, 2.24) is 0 Å². The first-order valence-corrected chi connectivity index (χ1v) is 9.08. The fraction of sp³-hybridized carbons (Fsp3) is 0.500. The van der Waals surface area contributed by atoms with Crippen LogP contribution in [0.2, 0.25) is 0 Å². The number of sulfonamides is 1. The highest BCUT2D eigenvalue weighted by Gasteiger charge is 2.23. The molecule has 1 aromatic carbocycles. The van der Waals surface area contributed by atoms with Crippen molar-refractivity contribution >= 4 is 27.5 Å². The Morgan fingerprint density at radius 1 is 1.17 bits per heavy atom. The molecule has 0 fully saturated rings. The van der Waals surface area contributed by atoms with Gasteiger partial charge in [-0.2, -0.15) is 0 Å². The largest absolute Gasteiger partial charge is 0.454 e. The lowest BCUT2D eigenvalue weighted by atomic mass is 9.92. The van der Waals surface area contributed by atoms with Crippen molar-refractivity contribution in [2.45, 2.75) is 40.2 Å². The maximum atomic E-state index is 12.2. The van der Waals surface area contributed by atoms with E-state index in [1.54, 1.807) is 0 Å². The van der Waals surface area contributed by atoms with E-state index in [0.29, 0.717) is 11.3 Å². The van der Waals surface area contributed by atoms with Gasteiger partial charge >= 0.3 is 5.97 Å². The number of rotatable bonds is 6. The molecule has 0 aliphatic carbocycles. The molecule has 128 valence electrons. The minimum Gasteiger partial charge on any atom is -0.454 e. The van der Waals surface area contributed by atoms with Crippen LogP contribution in [-0.2, 0) is 19.6 Å². The summed E-state index contributed by atoms with van der Waals surface area (Å²) in [5.41, 5.74) is 0.500. The number of ketones is 1. The van der Waals surface area contributed by atoms with Crippen LogP contribution in [0, 0.1) is 5.41 Å². The van der Waals surface area contributed by atoms with Crippen molar-refractivity contribution in [1.29, 1.82) is 0 Å². The molecule has 0 saturated carbocycles. The minimum atomic E-state index is -3.36. The van der Waals surface area contributed by atoms with Crippen molar-refractivity contribution in [3.8, 4) is 0 Å². The van der Waals surface area contributed by atoms with E-state index in [1.165, 1.54) is 31.2 Å². The van der Waals surface area contributed by atoms with Crippen LogP contribution in [-0.4, -0.2) is 32.5 Å². The van der Waals surface area contributed by atoms with Gasteiger partial charge in [0, 0.05) is 11.3 Å². The molecule has 1 rings (SSSR count). The Morgan fingerprint density at radius 2 is 1.70 bits per heavy atom. The van der Waals surface area contributed by atoms with E-state index in [4.69, 9.17) is 4.74 Å². The number of Topliss-reactive ketones (excluding diaryl/α,β-unsaturated/α-hetero) is 1. The molecule has 0 unspecified atom stereocenters. The average molecular weight is 341 g/mol. The van der Waals surface area contributed by atoms with E-state index in [2.05, 4.69) is 4.72 Å². The van der Waals surface area contributed by atoms with Gasteiger partial charge in [-0.3, -0.25) is 14.3 Å². The molecule has 0 radical (unpaired) electrons. The Labute approximate surface area is 137 Å². The Bertz CT molecular complexity index is 671. The molecule has 6 nitrogen and oxygen atoms in total. The van der Waals surface area contributed by atoms with Gasteiger partial charge in [0.25, 0.3) is 0 Å². The lowest BCUT2D eigenvalue weighted by Crippen LogP contribution is -2.26. The van der Waals surface area contributed by atoms with Crippen molar-refractivity contribution < 1.29 is 22.7 Å². The first-order chi connectivity index (χ1) is 10.4. The zero-order valence-corrected chi connectivity index (χ0v) is 14.9. The predicted octanol–water partition coefficient (Wildman–Crippen LogP) is 2.61. The topological polar surface area (TPSA) is 89.5 Å². The fourth-order valence-corrected chi connectivity index (χ4v) is 2.44. The molecule has 0 saturated heterocycles. The summed E-state index contributed by atoms with van der Waals surface area (Å²) in [7, 11) is -3.36. The molecule has 0 bridgehead atoms. The number of esters is 1. The number of benzene rings is 1. The van der Waals surface area contributed by atoms with Crippen molar-refractivity contribution in [2.24, 2.45) is 5.41 Å². The van der Waals surface area contributed by atoms with Gasteiger partial charge in [-0.05, 0) is 36.6 Å². The van der Waals surface area contributed by atoms with Crippen LogP contribution in [0.25, 0.3) is 0 Å². The number of anilines is 1. The quantitative estimate of drug-likeness (QED) is 0.634. The van der Waals surface area contributed by atoms with Crippen LogP contribution >= 0.6 is 0 Å². The number of nitrogens with one attached hydrogen (secondary N) is 1. The standard InChI is InChI=1S/C16H23NO5S/c1-11(22-14(18)10-16(2,3)4)15(19)12-6-8-13(9-7-12)17-23(5,20)21/h6-9,11,17H,10H2,1-5H3/t11-/m1/s1. The number of ether oxygens (including phenoxy) is 1. The summed E-state index contributed by atoms with van der Waals surface area (Å²) in [5, 5.41) is 0. The van der Waals surface area contributed by atoms with Gasteiger partial charge in [0.1, 0.15) is 0 Å². The highest BCUT2D eigenvalue weighted by atomic mass is 32.2. The summed E-state index contributed by atoms with van der Waals surface area (Å²) in [6, 6.07) is 5.95. The van der Waals surface area contributed by atoms with Crippen LogP contribution < -0.4 is 4.72 Å². The summed E-state index contributed by atoms with van der Waals surface area (Å²) in [6.07, 6.45) is 0.378. The molecule has 0 aliphatic heterocycles. The van der Waals surface area contributed by atoms with E-state index in [9.17, 15) is 18.0 Å². The normalized spacial score (nSPS) is 13.3. The molecular formula is C16H23NO5S. The van der Waals surface area contributed by atoms with Gasteiger partial charge in [0.15, 0.2) is 6.10 Å². The molecule has 23 heavy (non-hydrogen) atoms. The average Bonchev–Trinajstić information content (AvgIpc) is 2.34. The summed E-state index contributed by atoms with van der Waals surface area (Å²) < 4.78 is 29.7. The van der Waals surface area contributed by atoms with E-state index in [-0.39, 0.29) is 17.6 Å². The highest BCUT2D eigenvalue weighted by molar-refractivity contribution is 7.92. The molecule has 1 N–H and O–H groups in total. The SMILES string of the molecule is C[C@@H](OC(=O)CC(C)(C)C)C(=O)c1ccc(NS(C)(=O)=O)cc1. The molecule has 0 heterocycles. The second kappa shape index (κ2) is 7.12. The van der Waals surface area contributed by atoms with E-state index >= 15 is 0 Å². The van der Waals surface area contributed by atoms with Crippen LogP contribution in [0.15, 0.2) is 24.3 Å². The van der Waals surface area contributed by atoms with Gasteiger partial charge in [-0.1, -0.05) is 20.8 Å². The summed E-state index contributed by atoms with van der Waals surface area (Å²) in [4.78, 5) is 24.0. The van der Waals surface area contributed by atoms with Crippen molar-refractivity contribution in [3.05, 3.63) is 29.8 Å². The van der Waals surface area contributed by atoms with Crippen LogP contribution in [0.4, 0.5) is 5.69 Å².